The fourth-order valence-electron chi connectivity index (χ4n) is 2.46. The number of aromatic amines is 1. The topological polar surface area (TPSA) is 79.8 Å². The normalized spacial score (nSPS) is 10.9. The number of hydrogen-bond donors (Lipinski definition) is 2. The Morgan fingerprint density at radius 1 is 1.15 bits per heavy atom. The lowest BCUT2D eigenvalue weighted by atomic mass is 10.3. The second kappa shape index (κ2) is 7.19. The Kier molecular flexibility index (Phi) is 4.59. The zero-order valence-electron chi connectivity index (χ0n) is 13.5. The van der Waals surface area contributed by atoms with Gasteiger partial charge in [0, 0.05) is 6.07 Å². The Hall–Kier alpha value is -2.84. The van der Waals surface area contributed by atoms with Gasteiger partial charge in [0.2, 0.25) is 5.91 Å². The molecule has 0 bridgehead atoms. The summed E-state index contributed by atoms with van der Waals surface area (Å²) in [6.07, 6.45) is 0. The molecule has 2 aromatic heterocycles. The lowest BCUT2D eigenvalue weighted by Gasteiger charge is -2.03. The molecule has 0 radical (unpaired) electrons. The number of anilines is 1. The van der Waals surface area contributed by atoms with E-state index in [2.05, 4.69) is 15.4 Å². The molecule has 4 rings (SSSR count). The first-order chi connectivity index (χ1) is 12.7. The average molecular weight is 382 g/mol. The van der Waals surface area contributed by atoms with Crippen LogP contribution in [0.2, 0.25) is 0 Å². The first-order valence-corrected chi connectivity index (χ1v) is 9.65. The van der Waals surface area contributed by atoms with Gasteiger partial charge in [-0.2, -0.15) is 0 Å². The molecule has 0 saturated carbocycles. The SMILES string of the molecule is O=C(CSc1nc2ccccc2s1)Nc1cc(=O)n(-c2ccccc2)[nH]1. The third kappa shape index (κ3) is 3.56. The number of thiazole rings is 1. The second-order valence-corrected chi connectivity index (χ2v) is 7.72. The summed E-state index contributed by atoms with van der Waals surface area (Å²) in [5.74, 6) is 0.391. The summed E-state index contributed by atoms with van der Waals surface area (Å²) in [7, 11) is 0. The zero-order valence-corrected chi connectivity index (χ0v) is 15.1. The Morgan fingerprint density at radius 3 is 2.73 bits per heavy atom. The quantitative estimate of drug-likeness (QED) is 0.518. The molecule has 2 aromatic carbocycles. The van der Waals surface area contributed by atoms with Gasteiger partial charge in [-0.1, -0.05) is 42.1 Å². The molecule has 0 fully saturated rings. The average Bonchev–Trinajstić information content (AvgIpc) is 3.23. The molecule has 0 saturated heterocycles. The Morgan fingerprint density at radius 2 is 1.92 bits per heavy atom. The van der Waals surface area contributed by atoms with Crippen molar-refractivity contribution < 1.29 is 4.79 Å². The van der Waals surface area contributed by atoms with Crippen LogP contribution in [0.4, 0.5) is 5.82 Å². The number of nitrogens with one attached hydrogen (secondary N) is 2. The fraction of sp³-hybridized carbons (Fsp3) is 0.0556. The van der Waals surface area contributed by atoms with Crippen LogP contribution in [0.3, 0.4) is 0 Å². The number of rotatable bonds is 5. The van der Waals surface area contributed by atoms with E-state index in [1.54, 1.807) is 11.3 Å². The summed E-state index contributed by atoms with van der Waals surface area (Å²) >= 11 is 2.94. The van der Waals surface area contributed by atoms with Gasteiger partial charge in [0.25, 0.3) is 5.56 Å². The van der Waals surface area contributed by atoms with Gasteiger partial charge in [0.15, 0.2) is 4.34 Å². The lowest BCUT2D eigenvalue weighted by Crippen LogP contribution is -2.15. The standard InChI is InChI=1S/C18H14N4O2S2/c23-16(11-25-18-19-13-8-4-5-9-14(13)26-18)20-15-10-17(24)22(21-15)12-6-2-1-3-7-12/h1-10,21H,11H2,(H,20,23). The van der Waals surface area contributed by atoms with Gasteiger partial charge in [-0.25, -0.2) is 9.67 Å². The van der Waals surface area contributed by atoms with Gasteiger partial charge in [0.1, 0.15) is 5.82 Å². The number of hydrogen-bond acceptors (Lipinski definition) is 5. The summed E-state index contributed by atoms with van der Waals surface area (Å²) in [4.78, 5) is 28.7. The summed E-state index contributed by atoms with van der Waals surface area (Å²) < 4.78 is 3.33. The van der Waals surface area contributed by atoms with E-state index < -0.39 is 0 Å². The van der Waals surface area contributed by atoms with Crippen LogP contribution in [0.25, 0.3) is 15.9 Å². The Balaban J connectivity index is 1.41. The van der Waals surface area contributed by atoms with Gasteiger partial charge >= 0.3 is 0 Å². The molecule has 2 N–H and O–H groups in total. The number of carbonyl (C=O) groups excluding carboxylic acids is 1. The van der Waals surface area contributed by atoms with Crippen LogP contribution in [0, 0.1) is 0 Å². The number of fused-ring (bicyclic) bond motifs is 1. The largest absolute Gasteiger partial charge is 0.310 e. The van der Waals surface area contributed by atoms with Gasteiger partial charge < -0.3 is 5.32 Å². The molecule has 2 heterocycles. The maximum absolute atomic E-state index is 12.2. The van der Waals surface area contributed by atoms with Crippen LogP contribution in [0.5, 0.6) is 0 Å². The number of carbonyl (C=O) groups is 1. The van der Waals surface area contributed by atoms with E-state index in [0.717, 1.165) is 14.6 Å². The number of thioether (sulfide) groups is 1. The van der Waals surface area contributed by atoms with Gasteiger partial charge in [-0.3, -0.25) is 14.7 Å². The molecule has 1 amide bonds. The molecule has 8 heteroatoms. The number of benzene rings is 2. The van der Waals surface area contributed by atoms with Gasteiger partial charge in [0.05, 0.1) is 21.7 Å². The molecule has 0 aliphatic heterocycles. The minimum absolute atomic E-state index is 0.198. The summed E-state index contributed by atoms with van der Waals surface area (Å²) in [6, 6.07) is 18.4. The van der Waals surface area contributed by atoms with E-state index in [-0.39, 0.29) is 17.2 Å². The first-order valence-electron chi connectivity index (χ1n) is 7.85. The number of nitrogens with zero attached hydrogens (tertiary/aromatic N) is 2. The zero-order chi connectivity index (χ0) is 17.9. The van der Waals surface area contributed by atoms with Crippen LogP contribution in [-0.4, -0.2) is 26.4 Å². The Bertz CT molecular complexity index is 1080. The smallest absolute Gasteiger partial charge is 0.273 e. The minimum atomic E-state index is -0.231. The molecule has 4 aromatic rings. The highest BCUT2D eigenvalue weighted by molar-refractivity contribution is 8.01. The van der Waals surface area contributed by atoms with Crippen LogP contribution in [0.1, 0.15) is 0 Å². The summed E-state index contributed by atoms with van der Waals surface area (Å²) in [5.41, 5.74) is 1.41. The highest BCUT2D eigenvalue weighted by Gasteiger charge is 2.10. The van der Waals surface area contributed by atoms with Crippen molar-refractivity contribution in [2.75, 3.05) is 11.1 Å². The van der Waals surface area contributed by atoms with E-state index in [0.29, 0.717) is 11.5 Å². The van der Waals surface area contributed by atoms with Crippen molar-refractivity contribution in [3.05, 3.63) is 71.0 Å². The maximum Gasteiger partial charge on any atom is 0.273 e. The number of aromatic nitrogens is 3. The number of para-hydroxylation sites is 2. The van der Waals surface area contributed by atoms with E-state index in [1.165, 1.54) is 22.5 Å². The van der Waals surface area contributed by atoms with E-state index in [1.807, 2.05) is 54.6 Å². The van der Waals surface area contributed by atoms with Crippen LogP contribution in [0.15, 0.2) is 69.8 Å². The molecule has 0 spiro atoms. The van der Waals surface area contributed by atoms with Gasteiger partial charge in [-0.15, -0.1) is 11.3 Å². The molecular formula is C18H14N4O2S2. The van der Waals surface area contributed by atoms with E-state index in [9.17, 15) is 9.59 Å². The molecule has 0 unspecified atom stereocenters. The molecule has 6 nitrogen and oxygen atoms in total. The number of amides is 1. The predicted molar refractivity (Wildman–Crippen MR) is 105 cm³/mol. The van der Waals surface area contributed by atoms with Crippen molar-refractivity contribution in [3.63, 3.8) is 0 Å². The fourth-order valence-corrected chi connectivity index (χ4v) is 4.32. The van der Waals surface area contributed by atoms with E-state index in [4.69, 9.17) is 0 Å². The third-order valence-corrected chi connectivity index (χ3v) is 5.79. The molecule has 0 aliphatic rings. The molecule has 130 valence electrons. The van der Waals surface area contributed by atoms with Crippen LogP contribution >= 0.6 is 23.1 Å². The van der Waals surface area contributed by atoms with Crippen LogP contribution in [-0.2, 0) is 4.79 Å². The highest BCUT2D eigenvalue weighted by Crippen LogP contribution is 2.29. The molecule has 0 atom stereocenters. The number of H-pyrrole nitrogens is 1. The minimum Gasteiger partial charge on any atom is -0.310 e. The van der Waals surface area contributed by atoms with Crippen molar-refractivity contribution in [2.24, 2.45) is 0 Å². The van der Waals surface area contributed by atoms with Crippen molar-refractivity contribution in [3.8, 4) is 5.69 Å². The maximum atomic E-state index is 12.2. The van der Waals surface area contributed by atoms with Gasteiger partial charge in [-0.05, 0) is 24.3 Å². The van der Waals surface area contributed by atoms with Crippen molar-refractivity contribution >= 4 is 45.0 Å². The lowest BCUT2D eigenvalue weighted by molar-refractivity contribution is -0.113. The first kappa shape index (κ1) is 16.6. The Labute approximate surface area is 156 Å². The monoisotopic (exact) mass is 382 g/mol. The summed E-state index contributed by atoms with van der Waals surface area (Å²) in [6.45, 7) is 0. The van der Waals surface area contributed by atoms with Crippen molar-refractivity contribution in [1.82, 2.24) is 14.8 Å². The highest BCUT2D eigenvalue weighted by atomic mass is 32.2. The van der Waals surface area contributed by atoms with Crippen LogP contribution < -0.4 is 10.9 Å². The molecule has 0 aliphatic carbocycles. The molecular weight excluding hydrogens is 368 g/mol. The van der Waals surface area contributed by atoms with Crippen molar-refractivity contribution in [1.29, 1.82) is 0 Å². The summed E-state index contributed by atoms with van der Waals surface area (Å²) in [5, 5.41) is 5.62. The molecule has 26 heavy (non-hydrogen) atoms. The van der Waals surface area contributed by atoms with E-state index >= 15 is 0 Å². The predicted octanol–water partition coefficient (Wildman–Crippen LogP) is 3.51. The third-order valence-electron chi connectivity index (χ3n) is 3.61. The second-order valence-electron chi connectivity index (χ2n) is 5.46. The van der Waals surface area contributed by atoms with Crippen molar-refractivity contribution in [2.45, 2.75) is 4.34 Å².